The molecule has 0 aromatic heterocycles. The highest BCUT2D eigenvalue weighted by Crippen LogP contribution is 2.23. The van der Waals surface area contributed by atoms with Crippen LogP contribution in [-0.2, 0) is 16.6 Å². The van der Waals surface area contributed by atoms with Crippen molar-refractivity contribution in [3.8, 4) is 0 Å². The number of carbonyl (C=O) groups is 1. The molecule has 0 aliphatic carbocycles. The Labute approximate surface area is 151 Å². The normalized spacial score (nSPS) is 14.4. The van der Waals surface area contributed by atoms with Gasteiger partial charge in [0.2, 0.25) is 0 Å². The van der Waals surface area contributed by atoms with Gasteiger partial charge in [-0.2, -0.15) is 0 Å². The van der Waals surface area contributed by atoms with Crippen LogP contribution in [0.1, 0.15) is 44.4 Å². The topological polar surface area (TPSA) is 37.3 Å². The molecule has 2 rings (SSSR count). The fraction of sp³-hybridized carbons (Fsp3) is 0.348. The maximum absolute atomic E-state index is 12.4. The Bertz CT molecular complexity index is 706. The van der Waals surface area contributed by atoms with E-state index in [0.717, 1.165) is 11.1 Å². The first kappa shape index (κ1) is 19.1. The molecule has 132 valence electrons. The van der Waals surface area contributed by atoms with Crippen LogP contribution in [0.2, 0.25) is 0 Å². The van der Waals surface area contributed by atoms with Gasteiger partial charge in [-0.25, -0.2) is 0 Å². The van der Waals surface area contributed by atoms with Gasteiger partial charge in [-0.05, 0) is 34.6 Å². The maximum Gasteiger partial charge on any atom is 0.168 e. The zero-order valence-electron chi connectivity index (χ0n) is 15.6. The lowest BCUT2D eigenvalue weighted by Gasteiger charge is -2.19. The van der Waals surface area contributed by atoms with Gasteiger partial charge < -0.3 is 5.11 Å². The first-order chi connectivity index (χ1) is 11.8. The van der Waals surface area contributed by atoms with Gasteiger partial charge in [0.05, 0.1) is 0 Å². The molecular formula is C23H28O2. The molecule has 2 aromatic rings. The second kappa shape index (κ2) is 8.26. The van der Waals surface area contributed by atoms with Crippen LogP contribution in [0, 0.1) is 5.92 Å². The Morgan fingerprint density at radius 2 is 1.64 bits per heavy atom. The number of aliphatic hydroxyl groups excluding tert-OH is 1. The molecule has 2 atom stereocenters. The second-order valence-electron chi connectivity index (χ2n) is 7.67. The number of aliphatic hydroxyl groups is 1. The number of hydrogen-bond donors (Lipinski definition) is 1. The van der Waals surface area contributed by atoms with Crippen LogP contribution in [0.3, 0.4) is 0 Å². The number of hydrogen-bond acceptors (Lipinski definition) is 2. The molecule has 0 radical (unpaired) electrons. The zero-order chi connectivity index (χ0) is 18.4. The van der Waals surface area contributed by atoms with Crippen LogP contribution in [-0.4, -0.2) is 17.0 Å². The molecule has 0 bridgehead atoms. The fourth-order valence-electron chi connectivity index (χ4n) is 2.75. The van der Waals surface area contributed by atoms with Gasteiger partial charge >= 0.3 is 0 Å². The molecule has 0 amide bonds. The highest BCUT2D eigenvalue weighted by molar-refractivity contribution is 5.87. The number of carbonyl (C=O) groups excluding carboxylic acids is 1. The smallest absolute Gasteiger partial charge is 0.168 e. The Balaban J connectivity index is 1.96. The summed E-state index contributed by atoms with van der Waals surface area (Å²) in [6.45, 7) is 8.43. The van der Waals surface area contributed by atoms with E-state index >= 15 is 0 Å². The third-order valence-electron chi connectivity index (χ3n) is 4.41. The van der Waals surface area contributed by atoms with Crippen LogP contribution in [0.15, 0.2) is 60.7 Å². The van der Waals surface area contributed by atoms with Gasteiger partial charge in [-0.1, -0.05) is 88.4 Å². The van der Waals surface area contributed by atoms with Gasteiger partial charge in [0.15, 0.2) is 5.78 Å². The summed E-state index contributed by atoms with van der Waals surface area (Å²) in [6.07, 6.45) is 2.92. The minimum atomic E-state index is -1.07. The molecule has 0 fully saturated rings. The molecule has 0 aliphatic heterocycles. The van der Waals surface area contributed by atoms with Crippen molar-refractivity contribution in [2.45, 2.75) is 45.6 Å². The van der Waals surface area contributed by atoms with Crippen LogP contribution in [0.25, 0.3) is 6.08 Å². The summed E-state index contributed by atoms with van der Waals surface area (Å²) in [7, 11) is 0. The third kappa shape index (κ3) is 5.68. The zero-order valence-corrected chi connectivity index (χ0v) is 15.6. The maximum atomic E-state index is 12.4. The van der Waals surface area contributed by atoms with Gasteiger partial charge in [-0.3, -0.25) is 4.79 Å². The van der Waals surface area contributed by atoms with Crippen molar-refractivity contribution in [3.05, 3.63) is 77.4 Å². The Kier molecular flexibility index (Phi) is 6.33. The SMILES string of the molecule is CC(Cc1ccc(C(C)(C)C)cc1)C(=O)C(O)C=Cc1ccccc1. The molecule has 25 heavy (non-hydrogen) atoms. The van der Waals surface area contributed by atoms with Crippen molar-refractivity contribution in [2.75, 3.05) is 0 Å². The van der Waals surface area contributed by atoms with Crippen molar-refractivity contribution in [3.63, 3.8) is 0 Å². The van der Waals surface area contributed by atoms with Gasteiger partial charge in [0.25, 0.3) is 0 Å². The summed E-state index contributed by atoms with van der Waals surface area (Å²) in [5, 5.41) is 10.1. The molecule has 0 heterocycles. The third-order valence-corrected chi connectivity index (χ3v) is 4.41. The van der Waals surface area contributed by atoms with E-state index in [1.54, 1.807) is 12.2 Å². The lowest BCUT2D eigenvalue weighted by molar-refractivity contribution is -0.128. The summed E-state index contributed by atoms with van der Waals surface area (Å²) in [6, 6.07) is 18.1. The largest absolute Gasteiger partial charge is 0.381 e. The fourth-order valence-corrected chi connectivity index (χ4v) is 2.75. The van der Waals surface area contributed by atoms with E-state index in [1.165, 1.54) is 5.56 Å². The molecule has 2 nitrogen and oxygen atoms in total. The van der Waals surface area contributed by atoms with Gasteiger partial charge in [-0.15, -0.1) is 0 Å². The lowest BCUT2D eigenvalue weighted by Crippen LogP contribution is -2.26. The summed E-state index contributed by atoms with van der Waals surface area (Å²) < 4.78 is 0. The van der Waals surface area contributed by atoms with Crippen LogP contribution in [0.5, 0.6) is 0 Å². The predicted octanol–water partition coefficient (Wildman–Crippen LogP) is 4.81. The summed E-state index contributed by atoms with van der Waals surface area (Å²) >= 11 is 0. The molecule has 2 heteroatoms. The molecule has 0 aliphatic rings. The van der Waals surface area contributed by atoms with E-state index in [2.05, 4.69) is 45.0 Å². The molecule has 2 unspecified atom stereocenters. The van der Waals surface area contributed by atoms with Crippen molar-refractivity contribution in [1.29, 1.82) is 0 Å². The van der Waals surface area contributed by atoms with E-state index in [0.29, 0.717) is 6.42 Å². The van der Waals surface area contributed by atoms with Crippen molar-refractivity contribution in [1.82, 2.24) is 0 Å². The molecule has 0 saturated carbocycles. The minimum absolute atomic E-state index is 0.123. The number of Topliss-reactive ketones (excluding diaryl/α,β-unsaturated/α-hetero) is 1. The highest BCUT2D eigenvalue weighted by Gasteiger charge is 2.20. The average molecular weight is 336 g/mol. The van der Waals surface area contributed by atoms with E-state index in [9.17, 15) is 9.90 Å². The predicted molar refractivity (Wildman–Crippen MR) is 104 cm³/mol. The minimum Gasteiger partial charge on any atom is -0.381 e. The monoisotopic (exact) mass is 336 g/mol. The second-order valence-corrected chi connectivity index (χ2v) is 7.67. The van der Waals surface area contributed by atoms with E-state index < -0.39 is 6.10 Å². The van der Waals surface area contributed by atoms with Crippen molar-refractivity contribution < 1.29 is 9.90 Å². The van der Waals surface area contributed by atoms with Crippen molar-refractivity contribution in [2.24, 2.45) is 5.92 Å². The number of benzene rings is 2. The van der Waals surface area contributed by atoms with Crippen molar-refractivity contribution >= 4 is 11.9 Å². The van der Waals surface area contributed by atoms with Gasteiger partial charge in [0, 0.05) is 5.92 Å². The quantitative estimate of drug-likeness (QED) is 0.822. The van der Waals surface area contributed by atoms with Crippen LogP contribution < -0.4 is 0 Å². The number of ketones is 1. The number of rotatable bonds is 6. The molecule has 2 aromatic carbocycles. The average Bonchev–Trinajstić information content (AvgIpc) is 2.59. The standard InChI is InChI=1S/C23H28O2/c1-17(16-19-10-13-20(14-11-19)23(2,3)4)22(25)21(24)15-12-18-8-6-5-7-9-18/h5-15,17,21,24H,16H2,1-4H3. The molecular weight excluding hydrogens is 308 g/mol. The summed E-state index contributed by atoms with van der Waals surface area (Å²) in [5.74, 6) is -0.372. The van der Waals surface area contributed by atoms with Crippen LogP contribution in [0.4, 0.5) is 0 Å². The van der Waals surface area contributed by atoms with E-state index in [-0.39, 0.29) is 17.1 Å². The Morgan fingerprint density at radius 3 is 2.20 bits per heavy atom. The first-order valence-corrected chi connectivity index (χ1v) is 8.82. The van der Waals surface area contributed by atoms with Gasteiger partial charge in [0.1, 0.15) is 6.10 Å². The molecule has 1 N–H and O–H groups in total. The molecule has 0 spiro atoms. The summed E-state index contributed by atoms with van der Waals surface area (Å²) in [4.78, 5) is 12.4. The van der Waals surface area contributed by atoms with E-state index in [1.807, 2.05) is 37.3 Å². The summed E-state index contributed by atoms with van der Waals surface area (Å²) in [5.41, 5.74) is 3.49. The Morgan fingerprint density at radius 1 is 1.04 bits per heavy atom. The first-order valence-electron chi connectivity index (χ1n) is 8.82. The van der Waals surface area contributed by atoms with E-state index in [4.69, 9.17) is 0 Å². The Hall–Kier alpha value is -2.19. The van der Waals surface area contributed by atoms with Crippen LogP contribution >= 0.6 is 0 Å². The highest BCUT2D eigenvalue weighted by atomic mass is 16.3. The lowest BCUT2D eigenvalue weighted by atomic mass is 9.85. The molecule has 0 saturated heterocycles.